The van der Waals surface area contributed by atoms with Crippen LogP contribution >= 0.6 is 0 Å². The van der Waals surface area contributed by atoms with E-state index in [0.717, 1.165) is 11.3 Å². The van der Waals surface area contributed by atoms with Gasteiger partial charge in [-0.1, -0.05) is 85.8 Å². The number of hydrogen-bond donors (Lipinski definition) is 0. The van der Waals surface area contributed by atoms with Crippen molar-refractivity contribution in [1.29, 1.82) is 0 Å². The van der Waals surface area contributed by atoms with Crippen LogP contribution in [0.5, 0.6) is 0 Å². The van der Waals surface area contributed by atoms with E-state index in [1.54, 1.807) is 4.90 Å². The first-order valence-corrected chi connectivity index (χ1v) is 11.7. The van der Waals surface area contributed by atoms with Gasteiger partial charge in [-0.2, -0.15) is 0 Å². The summed E-state index contributed by atoms with van der Waals surface area (Å²) in [5.41, 5.74) is 5.75. The topological polar surface area (TPSA) is 36.0 Å². The molecule has 2 aliphatic rings. The molecule has 3 aromatic carbocycles. The highest BCUT2D eigenvalue weighted by atomic mass is 16.5. The number of hydrogen-bond acceptors (Lipinski definition) is 4. The second kappa shape index (κ2) is 9.09. The van der Waals surface area contributed by atoms with Gasteiger partial charge >= 0.3 is 6.09 Å². The molecule has 3 atom stereocenters. The average molecular weight is 454 g/mol. The summed E-state index contributed by atoms with van der Waals surface area (Å²) in [4.78, 5) is 19.3. The number of carbonyl (C=O) groups excluding carboxylic acids is 1. The van der Waals surface area contributed by atoms with Gasteiger partial charge in [-0.05, 0) is 42.4 Å². The zero-order valence-corrected chi connectivity index (χ0v) is 20.1. The second-order valence-electron chi connectivity index (χ2n) is 9.17. The third-order valence-corrected chi connectivity index (χ3v) is 7.34. The number of methoxy groups -OCH3 is 1. The maximum Gasteiger partial charge on any atom is 0.418 e. The highest BCUT2D eigenvalue weighted by Gasteiger charge is 2.48. The minimum Gasteiger partial charge on any atom is -0.452 e. The summed E-state index contributed by atoms with van der Waals surface area (Å²) in [7, 11) is 5.82. The lowest BCUT2D eigenvalue weighted by atomic mass is 9.86. The number of anilines is 1. The van der Waals surface area contributed by atoms with Crippen LogP contribution in [0.2, 0.25) is 0 Å². The standard InChI is InChI=1S/C29H31N3O2/c1-20-23-17-11-12-18-25(23)32(29(33)34-4)19-24(20)28-30(2)26(21-13-7-5-8-14-21)27(31(28)3)22-15-9-6-10-16-22/h5-20,26-28H,1-4H3/t20-,26+,27+/m1/s1. The molecule has 0 N–H and O–H groups in total. The predicted molar refractivity (Wildman–Crippen MR) is 136 cm³/mol. The zero-order chi connectivity index (χ0) is 23.8. The summed E-state index contributed by atoms with van der Waals surface area (Å²) in [6.45, 7) is 2.23. The number of likely N-dealkylation sites (N-methyl/N-ethyl adjacent to an activating group) is 2. The van der Waals surface area contributed by atoms with E-state index in [4.69, 9.17) is 4.74 Å². The molecule has 2 heterocycles. The first-order valence-electron chi connectivity index (χ1n) is 11.7. The highest BCUT2D eigenvalue weighted by molar-refractivity contribution is 5.92. The molecule has 1 fully saturated rings. The molecule has 0 saturated carbocycles. The quantitative estimate of drug-likeness (QED) is 0.491. The van der Waals surface area contributed by atoms with E-state index in [1.165, 1.54) is 23.8 Å². The van der Waals surface area contributed by atoms with Crippen LogP contribution < -0.4 is 4.90 Å². The zero-order valence-electron chi connectivity index (χ0n) is 20.1. The molecule has 0 aliphatic carbocycles. The molecule has 3 aromatic rings. The molecule has 1 saturated heterocycles. The Morgan fingerprint density at radius 1 is 0.765 bits per heavy atom. The summed E-state index contributed by atoms with van der Waals surface area (Å²) in [5, 5.41) is 0. The lowest BCUT2D eigenvalue weighted by Gasteiger charge is -2.38. The Hall–Kier alpha value is -3.41. The molecule has 34 heavy (non-hydrogen) atoms. The molecular weight excluding hydrogens is 422 g/mol. The van der Waals surface area contributed by atoms with Crippen molar-refractivity contribution >= 4 is 11.8 Å². The van der Waals surface area contributed by atoms with E-state index in [0.29, 0.717) is 0 Å². The largest absolute Gasteiger partial charge is 0.452 e. The summed E-state index contributed by atoms with van der Waals surface area (Å²) in [6, 6.07) is 29.8. The van der Waals surface area contributed by atoms with Crippen molar-refractivity contribution < 1.29 is 9.53 Å². The Morgan fingerprint density at radius 3 is 1.79 bits per heavy atom. The van der Waals surface area contributed by atoms with Gasteiger partial charge in [-0.15, -0.1) is 0 Å². The van der Waals surface area contributed by atoms with Gasteiger partial charge in [-0.3, -0.25) is 14.7 Å². The van der Waals surface area contributed by atoms with Gasteiger partial charge in [0.2, 0.25) is 0 Å². The summed E-state index contributed by atoms with van der Waals surface area (Å²) in [6.07, 6.45) is 1.62. The van der Waals surface area contributed by atoms with Gasteiger partial charge in [-0.25, -0.2) is 4.79 Å². The van der Waals surface area contributed by atoms with Gasteiger partial charge in [0, 0.05) is 12.1 Å². The third kappa shape index (κ3) is 3.61. The SMILES string of the molecule is COC(=O)N1C=C(C2N(C)[C@@H](c3ccccc3)[C@H](c3ccccc3)N2C)[C@H](C)c2ccccc21. The lowest BCUT2D eigenvalue weighted by molar-refractivity contribution is 0.178. The van der Waals surface area contributed by atoms with Crippen molar-refractivity contribution in [2.45, 2.75) is 31.1 Å². The molecule has 0 radical (unpaired) electrons. The van der Waals surface area contributed by atoms with Crippen LogP contribution in [0.4, 0.5) is 10.5 Å². The molecule has 5 heteroatoms. The van der Waals surface area contributed by atoms with E-state index < -0.39 is 0 Å². The van der Waals surface area contributed by atoms with Crippen LogP contribution in [-0.4, -0.2) is 43.3 Å². The Balaban J connectivity index is 1.63. The monoisotopic (exact) mass is 453 g/mol. The van der Waals surface area contributed by atoms with Crippen LogP contribution in [0.15, 0.2) is 96.7 Å². The van der Waals surface area contributed by atoms with Crippen molar-refractivity contribution in [3.05, 3.63) is 113 Å². The predicted octanol–water partition coefficient (Wildman–Crippen LogP) is 5.95. The third-order valence-electron chi connectivity index (χ3n) is 7.34. The molecule has 0 spiro atoms. The molecule has 5 nitrogen and oxygen atoms in total. The Morgan fingerprint density at radius 2 is 1.26 bits per heavy atom. The van der Waals surface area contributed by atoms with E-state index in [1.807, 2.05) is 24.4 Å². The Bertz CT molecular complexity index is 1140. The normalized spacial score (nSPS) is 23.5. The minimum absolute atomic E-state index is 0.00549. The number of fused-ring (bicyclic) bond motifs is 1. The van der Waals surface area contributed by atoms with E-state index in [2.05, 4.69) is 97.5 Å². The van der Waals surface area contributed by atoms with Gasteiger partial charge in [0.1, 0.15) is 0 Å². The number of amides is 1. The molecule has 0 bridgehead atoms. The van der Waals surface area contributed by atoms with Crippen molar-refractivity contribution in [1.82, 2.24) is 9.80 Å². The number of nitrogens with zero attached hydrogens (tertiary/aromatic N) is 3. The van der Waals surface area contributed by atoms with Gasteiger partial charge < -0.3 is 4.74 Å². The van der Waals surface area contributed by atoms with Crippen LogP contribution in [-0.2, 0) is 4.74 Å². The molecule has 5 rings (SSSR count). The fourth-order valence-electron chi connectivity index (χ4n) is 5.77. The number of benzene rings is 3. The molecule has 2 aliphatic heterocycles. The molecule has 0 aromatic heterocycles. The van der Waals surface area contributed by atoms with E-state index in [-0.39, 0.29) is 30.3 Å². The van der Waals surface area contributed by atoms with Gasteiger partial charge in [0.15, 0.2) is 0 Å². The van der Waals surface area contributed by atoms with Crippen LogP contribution in [0.25, 0.3) is 0 Å². The van der Waals surface area contributed by atoms with Crippen LogP contribution in [0.1, 0.15) is 41.6 Å². The van der Waals surface area contributed by atoms with Crippen molar-refractivity contribution in [3.8, 4) is 0 Å². The maximum atomic E-state index is 12.8. The van der Waals surface area contributed by atoms with Crippen molar-refractivity contribution in [3.63, 3.8) is 0 Å². The van der Waals surface area contributed by atoms with E-state index >= 15 is 0 Å². The van der Waals surface area contributed by atoms with Gasteiger partial charge in [0.25, 0.3) is 0 Å². The summed E-state index contributed by atoms with van der Waals surface area (Å²) < 4.78 is 5.14. The maximum absolute atomic E-state index is 12.8. The van der Waals surface area contributed by atoms with Crippen molar-refractivity contribution in [2.24, 2.45) is 0 Å². The first kappa shape index (κ1) is 22.4. The van der Waals surface area contributed by atoms with Crippen LogP contribution in [0.3, 0.4) is 0 Å². The molecule has 1 amide bonds. The van der Waals surface area contributed by atoms with Gasteiger partial charge in [0.05, 0.1) is 31.0 Å². The smallest absolute Gasteiger partial charge is 0.418 e. The second-order valence-corrected chi connectivity index (χ2v) is 9.17. The number of carbonyl (C=O) groups is 1. The number of ether oxygens (including phenoxy) is 1. The Kier molecular flexibility index (Phi) is 5.98. The molecule has 0 unspecified atom stereocenters. The number of para-hydroxylation sites is 1. The van der Waals surface area contributed by atoms with E-state index in [9.17, 15) is 4.79 Å². The fraction of sp³-hybridized carbons (Fsp3) is 0.276. The first-order chi connectivity index (χ1) is 16.5. The lowest BCUT2D eigenvalue weighted by Crippen LogP contribution is -2.42. The highest BCUT2D eigenvalue weighted by Crippen LogP contribution is 2.50. The summed E-state index contributed by atoms with van der Waals surface area (Å²) >= 11 is 0. The average Bonchev–Trinajstić information content (AvgIpc) is 3.14. The minimum atomic E-state index is -0.376. The summed E-state index contributed by atoms with van der Waals surface area (Å²) in [5.74, 6) is 0.151. The molecule has 174 valence electrons. The fourth-order valence-corrected chi connectivity index (χ4v) is 5.77. The molecular formula is C29H31N3O2. The number of rotatable bonds is 3. The Labute approximate surface area is 201 Å². The van der Waals surface area contributed by atoms with Crippen LogP contribution in [0, 0.1) is 0 Å². The van der Waals surface area contributed by atoms with Crippen molar-refractivity contribution in [2.75, 3.05) is 26.1 Å².